The zero-order valence-electron chi connectivity index (χ0n) is 16.9. The number of nitrogens with zero attached hydrogens (tertiary/aromatic N) is 3. The molecule has 1 saturated carbocycles. The molecule has 1 amide bonds. The fourth-order valence-corrected chi connectivity index (χ4v) is 4.58. The highest BCUT2D eigenvalue weighted by atomic mass is 32.1. The van der Waals surface area contributed by atoms with Gasteiger partial charge in [-0.2, -0.15) is 9.78 Å². The number of aromatic nitrogens is 3. The van der Waals surface area contributed by atoms with Crippen LogP contribution in [-0.2, 0) is 4.79 Å². The van der Waals surface area contributed by atoms with Crippen molar-refractivity contribution in [3.63, 3.8) is 0 Å². The molecule has 2 heterocycles. The molecule has 0 saturated heterocycles. The van der Waals surface area contributed by atoms with Crippen LogP contribution in [0.15, 0.2) is 35.7 Å². The highest BCUT2D eigenvalue weighted by Gasteiger charge is 2.20. The lowest BCUT2D eigenvalue weighted by Crippen LogP contribution is -2.17. The minimum absolute atomic E-state index is 0.0568. The summed E-state index contributed by atoms with van der Waals surface area (Å²) in [5.41, 5.74) is 2.75. The quantitative estimate of drug-likeness (QED) is 0.580. The summed E-state index contributed by atoms with van der Waals surface area (Å²) in [4.78, 5) is 17.2. The molecule has 1 aromatic carbocycles. The van der Waals surface area contributed by atoms with Gasteiger partial charge < -0.3 is 10.1 Å². The van der Waals surface area contributed by atoms with Gasteiger partial charge in [0, 0.05) is 23.4 Å². The number of anilines is 1. The van der Waals surface area contributed by atoms with Gasteiger partial charge in [0.1, 0.15) is 11.6 Å². The molecule has 0 radical (unpaired) electrons. The second-order valence-electron chi connectivity index (χ2n) is 7.46. The smallest absolute Gasteiger partial charge is 0.225 e. The zero-order chi connectivity index (χ0) is 20.2. The van der Waals surface area contributed by atoms with Crippen LogP contribution in [0.1, 0.15) is 44.7 Å². The van der Waals surface area contributed by atoms with Crippen LogP contribution in [0.25, 0.3) is 16.4 Å². The minimum atomic E-state index is 0.0568. The summed E-state index contributed by atoms with van der Waals surface area (Å²) in [7, 11) is 0. The number of hydrogen-bond donors (Lipinski definition) is 1. The fraction of sp³-hybridized carbons (Fsp3) is 0.409. The van der Waals surface area contributed by atoms with Crippen LogP contribution in [0, 0.1) is 12.8 Å². The first kappa shape index (κ1) is 19.6. The second-order valence-corrected chi connectivity index (χ2v) is 8.29. The van der Waals surface area contributed by atoms with Gasteiger partial charge in [-0.25, -0.2) is 4.98 Å². The van der Waals surface area contributed by atoms with E-state index >= 15 is 0 Å². The Bertz CT molecular complexity index is 971. The maximum atomic E-state index is 12.5. The monoisotopic (exact) mass is 410 g/mol. The van der Waals surface area contributed by atoms with Crippen molar-refractivity contribution in [3.05, 3.63) is 41.4 Å². The summed E-state index contributed by atoms with van der Waals surface area (Å²) in [6.07, 6.45) is 5.37. The lowest BCUT2D eigenvalue weighted by atomic mass is 10.0. The Morgan fingerprint density at radius 1 is 1.28 bits per heavy atom. The molecule has 4 rings (SSSR count). The average Bonchev–Trinajstić information content (AvgIpc) is 3.44. The van der Waals surface area contributed by atoms with Gasteiger partial charge in [0.15, 0.2) is 0 Å². The number of amides is 1. The predicted octanol–water partition coefficient (Wildman–Crippen LogP) is 5.22. The first-order valence-corrected chi connectivity index (χ1v) is 11.1. The average molecular weight is 411 g/mol. The van der Waals surface area contributed by atoms with Gasteiger partial charge in [-0.1, -0.05) is 12.8 Å². The SMILES string of the molecule is CCOc1ccc(-c2csc(-n3nc(C)cc3NC(=O)CC3CCCC3)n2)cc1. The molecule has 152 valence electrons. The Labute approximate surface area is 174 Å². The zero-order valence-corrected chi connectivity index (χ0v) is 17.7. The van der Waals surface area contributed by atoms with Crippen LogP contribution in [0.3, 0.4) is 0 Å². The Balaban J connectivity index is 1.51. The van der Waals surface area contributed by atoms with Crippen LogP contribution >= 0.6 is 11.3 Å². The summed E-state index contributed by atoms with van der Waals surface area (Å²) in [6.45, 7) is 4.54. The molecule has 0 unspecified atom stereocenters. The van der Waals surface area contributed by atoms with E-state index in [1.165, 1.54) is 24.2 Å². The van der Waals surface area contributed by atoms with Crippen molar-refractivity contribution in [2.24, 2.45) is 5.92 Å². The van der Waals surface area contributed by atoms with E-state index in [0.717, 1.165) is 40.7 Å². The van der Waals surface area contributed by atoms with E-state index in [4.69, 9.17) is 9.72 Å². The largest absolute Gasteiger partial charge is 0.494 e. The highest BCUT2D eigenvalue weighted by molar-refractivity contribution is 7.12. The lowest BCUT2D eigenvalue weighted by Gasteiger charge is -2.10. The van der Waals surface area contributed by atoms with Crippen LogP contribution < -0.4 is 10.1 Å². The summed E-state index contributed by atoms with van der Waals surface area (Å²) in [5, 5.41) is 10.3. The predicted molar refractivity (Wildman–Crippen MR) is 116 cm³/mol. The molecule has 6 nitrogen and oxygen atoms in total. The van der Waals surface area contributed by atoms with E-state index in [-0.39, 0.29) is 5.91 Å². The van der Waals surface area contributed by atoms with Crippen molar-refractivity contribution in [1.82, 2.24) is 14.8 Å². The van der Waals surface area contributed by atoms with Gasteiger partial charge in [-0.05, 0) is 56.9 Å². The second kappa shape index (κ2) is 8.78. The van der Waals surface area contributed by atoms with E-state index in [9.17, 15) is 4.79 Å². The molecule has 29 heavy (non-hydrogen) atoms. The summed E-state index contributed by atoms with van der Waals surface area (Å²) < 4.78 is 7.23. The van der Waals surface area contributed by atoms with E-state index in [1.807, 2.05) is 49.6 Å². The number of hydrogen-bond acceptors (Lipinski definition) is 5. The van der Waals surface area contributed by atoms with Crippen LogP contribution in [-0.4, -0.2) is 27.3 Å². The molecule has 0 bridgehead atoms. The molecular formula is C22H26N4O2S. The third-order valence-electron chi connectivity index (χ3n) is 5.18. The van der Waals surface area contributed by atoms with Gasteiger partial charge in [0.05, 0.1) is 18.0 Å². The van der Waals surface area contributed by atoms with Crippen LogP contribution in [0.5, 0.6) is 5.75 Å². The minimum Gasteiger partial charge on any atom is -0.494 e. The van der Waals surface area contributed by atoms with Crippen LogP contribution in [0.4, 0.5) is 5.82 Å². The Morgan fingerprint density at radius 2 is 2.03 bits per heavy atom. The van der Waals surface area contributed by atoms with Crippen molar-refractivity contribution < 1.29 is 9.53 Å². The third-order valence-corrected chi connectivity index (χ3v) is 6.00. The normalized spacial score (nSPS) is 14.3. The molecule has 2 aromatic heterocycles. The Morgan fingerprint density at radius 3 is 2.76 bits per heavy atom. The first-order chi connectivity index (χ1) is 14.1. The number of aryl methyl sites for hydroxylation is 1. The van der Waals surface area contributed by atoms with E-state index in [2.05, 4.69) is 10.4 Å². The van der Waals surface area contributed by atoms with Gasteiger partial charge in [-0.3, -0.25) is 4.79 Å². The molecule has 1 aliphatic carbocycles. The first-order valence-electron chi connectivity index (χ1n) is 10.2. The van der Waals surface area contributed by atoms with Gasteiger partial charge in [0.2, 0.25) is 11.0 Å². The lowest BCUT2D eigenvalue weighted by molar-refractivity contribution is -0.117. The van der Waals surface area contributed by atoms with Crippen molar-refractivity contribution in [2.45, 2.75) is 46.0 Å². The van der Waals surface area contributed by atoms with Crippen molar-refractivity contribution >= 4 is 23.1 Å². The molecular weight excluding hydrogens is 384 g/mol. The van der Waals surface area contributed by atoms with Gasteiger partial charge in [0.25, 0.3) is 0 Å². The molecule has 0 atom stereocenters. The molecule has 1 fully saturated rings. The molecule has 7 heteroatoms. The molecule has 1 aliphatic rings. The molecule has 0 spiro atoms. The number of carbonyl (C=O) groups is 1. The van der Waals surface area contributed by atoms with Crippen LogP contribution in [0.2, 0.25) is 0 Å². The number of rotatable bonds is 7. The summed E-state index contributed by atoms with van der Waals surface area (Å²) >= 11 is 1.51. The fourth-order valence-electron chi connectivity index (χ4n) is 3.79. The number of benzene rings is 1. The molecule has 3 aromatic rings. The van der Waals surface area contributed by atoms with E-state index < -0.39 is 0 Å². The van der Waals surface area contributed by atoms with Crippen molar-refractivity contribution in [1.29, 1.82) is 0 Å². The Kier molecular flexibility index (Phi) is 5.94. The van der Waals surface area contributed by atoms with Gasteiger partial charge in [-0.15, -0.1) is 11.3 Å². The molecule has 1 N–H and O–H groups in total. The van der Waals surface area contributed by atoms with E-state index in [1.54, 1.807) is 4.68 Å². The van der Waals surface area contributed by atoms with Crippen molar-refractivity contribution in [2.75, 3.05) is 11.9 Å². The Hall–Kier alpha value is -2.67. The van der Waals surface area contributed by atoms with Crippen molar-refractivity contribution in [3.8, 4) is 22.1 Å². The number of nitrogens with one attached hydrogen (secondary N) is 1. The maximum Gasteiger partial charge on any atom is 0.225 e. The van der Waals surface area contributed by atoms with E-state index in [0.29, 0.717) is 24.8 Å². The highest BCUT2D eigenvalue weighted by Crippen LogP contribution is 2.29. The molecule has 0 aliphatic heterocycles. The number of thiazole rings is 1. The standard InChI is InChI=1S/C22H26N4O2S/c1-3-28-18-10-8-17(9-11-18)19-14-29-22(23-19)26-20(12-15(2)25-26)24-21(27)13-16-6-4-5-7-16/h8-12,14,16H,3-7,13H2,1-2H3,(H,24,27). The summed E-state index contributed by atoms with van der Waals surface area (Å²) in [6, 6.07) is 9.80. The maximum absolute atomic E-state index is 12.5. The third kappa shape index (κ3) is 4.67. The number of carbonyl (C=O) groups excluding carboxylic acids is 1. The number of ether oxygens (including phenoxy) is 1. The van der Waals surface area contributed by atoms with Gasteiger partial charge >= 0.3 is 0 Å². The topological polar surface area (TPSA) is 69.0 Å². The summed E-state index contributed by atoms with van der Waals surface area (Å²) in [5.74, 6) is 2.10.